The van der Waals surface area contributed by atoms with Gasteiger partial charge in [-0.15, -0.1) is 0 Å². The minimum absolute atomic E-state index is 0.849. The zero-order chi connectivity index (χ0) is 7.03. The van der Waals surface area contributed by atoms with Crippen molar-refractivity contribution in [3.8, 4) is 0 Å². The van der Waals surface area contributed by atoms with Crippen molar-refractivity contribution in [1.82, 2.24) is 0 Å². The Labute approximate surface area is 71.5 Å². The molecule has 0 N–H and O–H groups in total. The maximum atomic E-state index is 3.59. The Morgan fingerprint density at radius 3 is 2.40 bits per heavy atom. The third-order valence-corrected chi connectivity index (χ3v) is 4.18. The fourth-order valence-corrected chi connectivity index (χ4v) is 3.43. The summed E-state index contributed by atoms with van der Waals surface area (Å²) in [4.78, 5) is 0. The van der Waals surface area contributed by atoms with Gasteiger partial charge in [0.2, 0.25) is 0 Å². The molecule has 2 aliphatic rings. The van der Waals surface area contributed by atoms with Crippen LogP contribution in [0.25, 0.3) is 0 Å². The Hall–Kier alpha value is 0.480. The van der Waals surface area contributed by atoms with Gasteiger partial charge in [-0.2, -0.15) is 0 Å². The average molecular weight is 203 g/mol. The van der Waals surface area contributed by atoms with Gasteiger partial charge in [0.1, 0.15) is 0 Å². The van der Waals surface area contributed by atoms with Crippen LogP contribution in [-0.4, -0.2) is 5.33 Å². The van der Waals surface area contributed by atoms with Crippen LogP contribution in [-0.2, 0) is 0 Å². The molecule has 0 aromatic carbocycles. The Balaban J connectivity index is 1.92. The summed E-state index contributed by atoms with van der Waals surface area (Å²) in [5, 5.41) is 1.26. The third-order valence-electron chi connectivity index (χ3n) is 3.39. The van der Waals surface area contributed by atoms with E-state index in [1.807, 2.05) is 0 Å². The molecular weight excluding hydrogens is 188 g/mol. The summed E-state index contributed by atoms with van der Waals surface area (Å²) < 4.78 is 0. The van der Waals surface area contributed by atoms with E-state index in [-0.39, 0.29) is 0 Å². The molecule has 0 nitrogen and oxygen atoms in total. The summed E-state index contributed by atoms with van der Waals surface area (Å²) in [6.45, 7) is 0. The molecule has 0 saturated heterocycles. The highest BCUT2D eigenvalue weighted by molar-refractivity contribution is 9.09. The lowest BCUT2D eigenvalue weighted by Crippen LogP contribution is -2.09. The minimum Gasteiger partial charge on any atom is -0.0925 e. The van der Waals surface area contributed by atoms with Crippen molar-refractivity contribution in [2.75, 3.05) is 5.33 Å². The van der Waals surface area contributed by atoms with Crippen LogP contribution >= 0.6 is 15.9 Å². The van der Waals surface area contributed by atoms with Crippen LogP contribution in [0.15, 0.2) is 0 Å². The summed E-state index contributed by atoms with van der Waals surface area (Å²) >= 11 is 3.59. The molecule has 0 aliphatic heterocycles. The quantitative estimate of drug-likeness (QED) is 0.573. The van der Waals surface area contributed by atoms with E-state index in [0.29, 0.717) is 0 Å². The Kier molecular flexibility index (Phi) is 1.79. The van der Waals surface area contributed by atoms with E-state index in [4.69, 9.17) is 0 Å². The van der Waals surface area contributed by atoms with Gasteiger partial charge in [-0.3, -0.25) is 0 Å². The predicted molar refractivity (Wildman–Crippen MR) is 47.4 cm³/mol. The van der Waals surface area contributed by atoms with E-state index in [1.165, 1.54) is 43.9 Å². The molecule has 10 heavy (non-hydrogen) atoms. The largest absolute Gasteiger partial charge is 0.0925 e. The highest BCUT2D eigenvalue weighted by atomic mass is 79.9. The van der Waals surface area contributed by atoms with Crippen LogP contribution in [0.4, 0.5) is 0 Å². The summed E-state index contributed by atoms with van der Waals surface area (Å²) in [7, 11) is 0. The number of hydrogen-bond acceptors (Lipinski definition) is 0. The van der Waals surface area contributed by atoms with E-state index in [9.17, 15) is 0 Å². The third kappa shape index (κ3) is 1.03. The maximum absolute atomic E-state index is 3.59. The molecule has 1 unspecified atom stereocenters. The zero-order valence-corrected chi connectivity index (χ0v) is 7.99. The van der Waals surface area contributed by atoms with Crippen molar-refractivity contribution in [3.05, 3.63) is 0 Å². The van der Waals surface area contributed by atoms with Gasteiger partial charge >= 0.3 is 0 Å². The van der Waals surface area contributed by atoms with Gasteiger partial charge in [0.15, 0.2) is 0 Å². The number of rotatable bonds is 1. The smallest absolute Gasteiger partial charge is 0.00651 e. The molecule has 0 aromatic rings. The molecule has 2 aliphatic carbocycles. The first-order valence-corrected chi connectivity index (χ1v) is 5.55. The van der Waals surface area contributed by atoms with E-state index >= 15 is 0 Å². The molecule has 0 aromatic heterocycles. The second-order valence-electron chi connectivity index (χ2n) is 3.98. The van der Waals surface area contributed by atoms with Crippen molar-refractivity contribution >= 4 is 15.9 Å². The first-order valence-electron chi connectivity index (χ1n) is 4.43. The number of alkyl halides is 1. The molecule has 0 amide bonds. The average Bonchev–Trinajstić information content (AvgIpc) is 2.65. The van der Waals surface area contributed by atoms with Crippen molar-refractivity contribution in [3.63, 3.8) is 0 Å². The van der Waals surface area contributed by atoms with Crippen molar-refractivity contribution in [2.24, 2.45) is 11.3 Å². The van der Waals surface area contributed by atoms with Gasteiger partial charge in [-0.05, 0) is 30.6 Å². The van der Waals surface area contributed by atoms with E-state index in [0.717, 1.165) is 11.3 Å². The maximum Gasteiger partial charge on any atom is 0.00651 e. The Morgan fingerprint density at radius 2 is 1.90 bits per heavy atom. The van der Waals surface area contributed by atoms with E-state index < -0.39 is 0 Å². The molecule has 2 rings (SSSR count). The van der Waals surface area contributed by atoms with Gasteiger partial charge in [-0.1, -0.05) is 35.2 Å². The molecule has 0 radical (unpaired) electrons. The predicted octanol–water partition coefficient (Wildman–Crippen LogP) is 3.35. The van der Waals surface area contributed by atoms with Gasteiger partial charge in [-0.25, -0.2) is 0 Å². The lowest BCUT2D eigenvalue weighted by molar-refractivity contribution is 0.315. The molecule has 2 saturated carbocycles. The summed E-state index contributed by atoms with van der Waals surface area (Å²) in [6, 6.07) is 0. The summed E-state index contributed by atoms with van der Waals surface area (Å²) in [5.41, 5.74) is 0.849. The molecule has 1 atom stereocenters. The summed E-state index contributed by atoms with van der Waals surface area (Å²) in [5.74, 6) is 1.05. The number of hydrogen-bond donors (Lipinski definition) is 0. The topological polar surface area (TPSA) is 0 Å². The monoisotopic (exact) mass is 202 g/mol. The van der Waals surface area contributed by atoms with Gasteiger partial charge in [0.05, 0.1) is 0 Å². The Bertz CT molecular complexity index is 125. The SMILES string of the molecule is BrCC1CC12CCCCC2. The number of halogens is 1. The lowest BCUT2D eigenvalue weighted by Gasteiger charge is -2.21. The standard InChI is InChI=1S/C9H15Br/c10-7-8-6-9(8)4-2-1-3-5-9/h8H,1-7H2. The van der Waals surface area contributed by atoms with Crippen molar-refractivity contribution < 1.29 is 0 Å². The van der Waals surface area contributed by atoms with Gasteiger partial charge in [0.25, 0.3) is 0 Å². The Morgan fingerprint density at radius 1 is 1.20 bits per heavy atom. The van der Waals surface area contributed by atoms with Crippen LogP contribution < -0.4 is 0 Å². The van der Waals surface area contributed by atoms with Gasteiger partial charge in [0, 0.05) is 5.33 Å². The van der Waals surface area contributed by atoms with E-state index in [1.54, 1.807) is 0 Å². The zero-order valence-electron chi connectivity index (χ0n) is 6.41. The molecule has 2 fully saturated rings. The van der Waals surface area contributed by atoms with Crippen molar-refractivity contribution in [1.29, 1.82) is 0 Å². The van der Waals surface area contributed by atoms with Crippen LogP contribution in [0.1, 0.15) is 38.5 Å². The van der Waals surface area contributed by atoms with Crippen LogP contribution in [0.3, 0.4) is 0 Å². The molecule has 1 heteroatoms. The fraction of sp³-hybridized carbons (Fsp3) is 1.00. The molecule has 1 spiro atoms. The minimum atomic E-state index is 0.849. The normalized spacial score (nSPS) is 36.3. The van der Waals surface area contributed by atoms with Gasteiger partial charge < -0.3 is 0 Å². The van der Waals surface area contributed by atoms with Crippen LogP contribution in [0.2, 0.25) is 0 Å². The fourth-order valence-electron chi connectivity index (χ4n) is 2.52. The first kappa shape index (κ1) is 7.15. The second kappa shape index (κ2) is 2.51. The highest BCUT2D eigenvalue weighted by Crippen LogP contribution is 2.61. The lowest BCUT2D eigenvalue weighted by atomic mass is 9.85. The van der Waals surface area contributed by atoms with Crippen molar-refractivity contribution in [2.45, 2.75) is 38.5 Å². The highest BCUT2D eigenvalue weighted by Gasteiger charge is 2.52. The molecular formula is C9H15Br. The molecule has 58 valence electrons. The molecule has 0 heterocycles. The van der Waals surface area contributed by atoms with E-state index in [2.05, 4.69) is 15.9 Å². The summed E-state index contributed by atoms with van der Waals surface area (Å²) in [6.07, 6.45) is 9.09. The van der Waals surface area contributed by atoms with Crippen LogP contribution in [0, 0.1) is 11.3 Å². The van der Waals surface area contributed by atoms with Crippen LogP contribution in [0.5, 0.6) is 0 Å². The first-order chi connectivity index (χ1) is 4.87. The second-order valence-corrected chi connectivity index (χ2v) is 4.63. The molecule has 0 bridgehead atoms.